The molecule has 6 heteroatoms. The van der Waals surface area contributed by atoms with Crippen molar-refractivity contribution in [3.63, 3.8) is 0 Å². The predicted octanol–water partition coefficient (Wildman–Crippen LogP) is 2.75. The largest absolute Gasteiger partial charge is 0.504 e. The number of benzene rings is 2. The van der Waals surface area contributed by atoms with Crippen molar-refractivity contribution < 1.29 is 9.84 Å². The van der Waals surface area contributed by atoms with Gasteiger partial charge in [-0.1, -0.05) is 24.3 Å². The first-order valence-electron chi connectivity index (χ1n) is 6.61. The van der Waals surface area contributed by atoms with Crippen LogP contribution in [0.25, 0.3) is 0 Å². The number of phenols is 1. The first-order valence-corrected chi connectivity index (χ1v) is 7.02. The number of rotatable bonds is 4. The average molecular weight is 315 g/mol. The third kappa shape index (κ3) is 3.73. The summed E-state index contributed by atoms with van der Waals surface area (Å²) in [7, 11) is 3.35. The Hall–Kier alpha value is -2.60. The van der Waals surface area contributed by atoms with Crippen LogP contribution in [0.1, 0.15) is 5.56 Å². The molecule has 0 spiro atoms. The van der Waals surface area contributed by atoms with Gasteiger partial charge in [0.05, 0.1) is 13.3 Å². The van der Waals surface area contributed by atoms with Gasteiger partial charge >= 0.3 is 0 Å². The van der Waals surface area contributed by atoms with Crippen LogP contribution in [0.5, 0.6) is 11.5 Å². The Morgan fingerprint density at radius 3 is 2.64 bits per heavy atom. The fraction of sp³-hybridized carbons (Fsp3) is 0.125. The van der Waals surface area contributed by atoms with Crippen molar-refractivity contribution in [3.05, 3.63) is 54.1 Å². The van der Waals surface area contributed by atoms with Crippen molar-refractivity contribution in [2.75, 3.05) is 19.1 Å². The van der Waals surface area contributed by atoms with Crippen LogP contribution in [0.2, 0.25) is 0 Å². The molecule has 2 rings (SSSR count). The highest BCUT2D eigenvalue weighted by atomic mass is 32.1. The van der Waals surface area contributed by atoms with Crippen molar-refractivity contribution in [1.82, 2.24) is 5.43 Å². The third-order valence-electron chi connectivity index (χ3n) is 3.06. The Kier molecular flexibility index (Phi) is 5.32. The molecule has 0 aromatic heterocycles. The minimum atomic E-state index is 0.0397. The molecule has 0 aliphatic rings. The van der Waals surface area contributed by atoms with Gasteiger partial charge in [-0.2, -0.15) is 5.10 Å². The van der Waals surface area contributed by atoms with Gasteiger partial charge in [-0.05, 0) is 36.5 Å². The van der Waals surface area contributed by atoms with Crippen LogP contribution < -0.4 is 15.1 Å². The van der Waals surface area contributed by atoms with Gasteiger partial charge in [-0.3, -0.25) is 5.43 Å². The predicted molar refractivity (Wildman–Crippen MR) is 92.8 cm³/mol. The van der Waals surface area contributed by atoms with Crippen LogP contribution in [0.4, 0.5) is 5.69 Å². The molecule has 2 aromatic carbocycles. The zero-order chi connectivity index (χ0) is 15.9. The molecular formula is C16H17N3O2S. The minimum Gasteiger partial charge on any atom is -0.504 e. The number of hydrazone groups is 1. The summed E-state index contributed by atoms with van der Waals surface area (Å²) in [6.45, 7) is 0. The van der Waals surface area contributed by atoms with Crippen LogP contribution in [0, 0.1) is 0 Å². The lowest BCUT2D eigenvalue weighted by Crippen LogP contribution is -2.34. The Morgan fingerprint density at radius 1 is 1.23 bits per heavy atom. The number of methoxy groups -OCH3 is 1. The highest BCUT2D eigenvalue weighted by Gasteiger charge is 2.06. The number of aromatic hydroxyl groups is 1. The topological polar surface area (TPSA) is 57.1 Å². The van der Waals surface area contributed by atoms with Gasteiger partial charge in [0.25, 0.3) is 0 Å². The molecule has 2 aromatic rings. The van der Waals surface area contributed by atoms with Gasteiger partial charge < -0.3 is 14.7 Å². The number of nitrogens with one attached hydrogen (secondary N) is 1. The van der Waals surface area contributed by atoms with Crippen molar-refractivity contribution >= 4 is 29.2 Å². The molecule has 0 heterocycles. The first-order chi connectivity index (χ1) is 10.6. The normalized spacial score (nSPS) is 10.5. The molecule has 0 saturated carbocycles. The number of anilines is 1. The molecule has 0 fully saturated rings. The second-order valence-corrected chi connectivity index (χ2v) is 4.85. The number of phenolic OH excluding ortho intramolecular Hbond substituents is 1. The monoisotopic (exact) mass is 315 g/mol. The van der Waals surface area contributed by atoms with E-state index in [1.807, 2.05) is 37.4 Å². The molecule has 0 atom stereocenters. The maximum absolute atomic E-state index is 9.95. The summed E-state index contributed by atoms with van der Waals surface area (Å²) < 4.78 is 5.04. The van der Waals surface area contributed by atoms with Gasteiger partial charge in [0, 0.05) is 18.3 Å². The van der Waals surface area contributed by atoms with E-state index in [1.165, 1.54) is 13.3 Å². The fourth-order valence-corrected chi connectivity index (χ4v) is 1.97. The molecule has 0 amide bonds. The zero-order valence-corrected chi connectivity index (χ0v) is 13.2. The fourth-order valence-electron chi connectivity index (χ4n) is 1.81. The maximum Gasteiger partial charge on any atom is 0.193 e. The van der Waals surface area contributed by atoms with Crippen LogP contribution in [0.15, 0.2) is 53.6 Å². The van der Waals surface area contributed by atoms with E-state index in [1.54, 1.807) is 23.1 Å². The van der Waals surface area contributed by atoms with E-state index in [0.29, 0.717) is 16.4 Å². The van der Waals surface area contributed by atoms with Crippen LogP contribution in [-0.4, -0.2) is 30.6 Å². The lowest BCUT2D eigenvalue weighted by molar-refractivity contribution is 0.373. The van der Waals surface area contributed by atoms with E-state index in [-0.39, 0.29) is 5.75 Å². The summed E-state index contributed by atoms with van der Waals surface area (Å²) in [5.74, 6) is 0.436. The smallest absolute Gasteiger partial charge is 0.193 e. The van der Waals surface area contributed by atoms with Gasteiger partial charge in [0.1, 0.15) is 0 Å². The second kappa shape index (κ2) is 7.42. The maximum atomic E-state index is 9.95. The summed E-state index contributed by atoms with van der Waals surface area (Å²) >= 11 is 5.27. The Labute approximate surface area is 134 Å². The Balaban J connectivity index is 2.02. The van der Waals surface area contributed by atoms with Crippen molar-refractivity contribution in [3.8, 4) is 11.5 Å². The molecule has 0 aliphatic carbocycles. The van der Waals surface area contributed by atoms with Gasteiger partial charge in [0.2, 0.25) is 0 Å². The van der Waals surface area contributed by atoms with E-state index >= 15 is 0 Å². The lowest BCUT2D eigenvalue weighted by atomic mass is 10.2. The number of nitrogens with zero attached hydrogens (tertiary/aromatic N) is 2. The van der Waals surface area contributed by atoms with E-state index < -0.39 is 0 Å². The highest BCUT2D eigenvalue weighted by Crippen LogP contribution is 2.27. The molecule has 114 valence electrons. The SMILES string of the molecule is COc1cccc(/C=N/NC(=S)N(C)c2ccccc2)c1O. The summed E-state index contributed by atoms with van der Waals surface area (Å²) in [4.78, 5) is 1.80. The minimum absolute atomic E-state index is 0.0397. The summed E-state index contributed by atoms with van der Waals surface area (Å²) in [5, 5.41) is 14.5. The average Bonchev–Trinajstić information content (AvgIpc) is 2.56. The molecule has 22 heavy (non-hydrogen) atoms. The van der Waals surface area contributed by atoms with Crippen molar-refractivity contribution in [1.29, 1.82) is 0 Å². The van der Waals surface area contributed by atoms with Crippen LogP contribution >= 0.6 is 12.2 Å². The standard InChI is InChI=1S/C16H17N3O2S/c1-19(13-8-4-3-5-9-13)16(22)18-17-11-12-7-6-10-14(21-2)15(12)20/h3-11,20H,1-2H3,(H,18,22)/b17-11+. The van der Waals surface area contributed by atoms with Crippen molar-refractivity contribution in [2.24, 2.45) is 5.10 Å². The van der Waals surface area contributed by atoms with Gasteiger partial charge in [-0.15, -0.1) is 0 Å². The number of ether oxygens (including phenoxy) is 1. The molecule has 0 unspecified atom stereocenters. The molecule has 2 N–H and O–H groups in total. The summed E-state index contributed by atoms with van der Waals surface area (Å²) in [6, 6.07) is 14.9. The van der Waals surface area contributed by atoms with E-state index in [0.717, 1.165) is 5.69 Å². The Morgan fingerprint density at radius 2 is 1.95 bits per heavy atom. The molecule has 0 saturated heterocycles. The van der Waals surface area contributed by atoms with Gasteiger partial charge in [0.15, 0.2) is 16.6 Å². The summed E-state index contributed by atoms with van der Waals surface area (Å²) in [6.07, 6.45) is 1.49. The number of hydrogen-bond donors (Lipinski definition) is 2. The van der Waals surface area contributed by atoms with E-state index in [4.69, 9.17) is 17.0 Å². The van der Waals surface area contributed by atoms with Crippen molar-refractivity contribution in [2.45, 2.75) is 0 Å². The highest BCUT2D eigenvalue weighted by molar-refractivity contribution is 7.80. The first kappa shape index (κ1) is 15.8. The van der Waals surface area contributed by atoms with E-state index in [9.17, 15) is 5.11 Å². The van der Waals surface area contributed by atoms with Crippen LogP contribution in [-0.2, 0) is 0 Å². The van der Waals surface area contributed by atoms with E-state index in [2.05, 4.69) is 10.5 Å². The molecule has 5 nitrogen and oxygen atoms in total. The second-order valence-electron chi connectivity index (χ2n) is 4.47. The molecule has 0 radical (unpaired) electrons. The number of para-hydroxylation sites is 2. The number of thiocarbonyl (C=S) groups is 1. The van der Waals surface area contributed by atoms with Crippen LogP contribution in [0.3, 0.4) is 0 Å². The molecule has 0 bridgehead atoms. The lowest BCUT2D eigenvalue weighted by Gasteiger charge is -2.18. The quantitative estimate of drug-likeness (QED) is 0.516. The number of hydrogen-bond acceptors (Lipinski definition) is 4. The Bertz CT molecular complexity index is 674. The summed E-state index contributed by atoms with van der Waals surface area (Å²) in [5.41, 5.74) is 4.27. The molecule has 0 aliphatic heterocycles. The molecular weight excluding hydrogens is 298 g/mol. The zero-order valence-electron chi connectivity index (χ0n) is 12.4. The van der Waals surface area contributed by atoms with Gasteiger partial charge in [-0.25, -0.2) is 0 Å². The third-order valence-corrected chi connectivity index (χ3v) is 3.43.